The number of aryl methyl sites for hydroxylation is 1. The average molecular weight is 408 g/mol. The summed E-state index contributed by atoms with van der Waals surface area (Å²) in [7, 11) is 0. The number of rotatable bonds is 3. The monoisotopic (exact) mass is 407 g/mol. The molecule has 1 aromatic heterocycles. The normalized spacial score (nSPS) is 17.7. The second-order valence-electron chi connectivity index (χ2n) is 8.55. The number of hydrogen-bond donors (Lipinski definition) is 0. The van der Waals surface area contributed by atoms with Crippen molar-refractivity contribution >= 4 is 48.1 Å². The van der Waals surface area contributed by atoms with Crippen molar-refractivity contribution < 1.29 is 0 Å². The van der Waals surface area contributed by atoms with Crippen LogP contribution in [0.3, 0.4) is 0 Å². The van der Waals surface area contributed by atoms with E-state index in [1.54, 1.807) is 0 Å². The Morgan fingerprint density at radius 1 is 1.42 bits per heavy atom. The van der Waals surface area contributed by atoms with Crippen LogP contribution >= 0.6 is 30.0 Å². The van der Waals surface area contributed by atoms with E-state index >= 15 is 0 Å². The van der Waals surface area contributed by atoms with Gasteiger partial charge in [-0.05, 0) is 61.2 Å². The summed E-state index contributed by atoms with van der Waals surface area (Å²) in [5.74, 6) is 1.14. The van der Waals surface area contributed by atoms with Crippen molar-refractivity contribution in [3.63, 3.8) is 0 Å². The summed E-state index contributed by atoms with van der Waals surface area (Å²) in [6.07, 6.45) is 7.49. The zero-order valence-electron chi connectivity index (χ0n) is 16.4. The highest BCUT2D eigenvalue weighted by atomic mass is 35.5. The Kier molecular flexibility index (Phi) is 5.16. The largest absolute Gasteiger partial charge is 0.303 e. The van der Waals surface area contributed by atoms with Gasteiger partial charge in [0.1, 0.15) is 5.82 Å². The molecule has 26 heavy (non-hydrogen) atoms. The van der Waals surface area contributed by atoms with Gasteiger partial charge in [0.05, 0.1) is 5.69 Å². The molecule has 0 saturated carbocycles. The van der Waals surface area contributed by atoms with Crippen LogP contribution in [0.2, 0.25) is 5.02 Å². The summed E-state index contributed by atoms with van der Waals surface area (Å²) in [5, 5.41) is 2.06. The van der Waals surface area contributed by atoms with Gasteiger partial charge in [0.2, 0.25) is 4.80 Å². The Morgan fingerprint density at radius 3 is 2.77 bits per heavy atom. The number of benzene rings is 1. The predicted molar refractivity (Wildman–Crippen MR) is 119 cm³/mol. The molecule has 0 unspecified atom stereocenters. The van der Waals surface area contributed by atoms with E-state index in [0.29, 0.717) is 0 Å². The third-order valence-corrected chi connectivity index (χ3v) is 7.99. The zero-order valence-corrected chi connectivity index (χ0v) is 18.9. The Balaban J connectivity index is 2.09. The lowest BCUT2D eigenvalue weighted by atomic mass is 9.92. The summed E-state index contributed by atoms with van der Waals surface area (Å²) in [5.41, 5.74) is 3.30. The van der Waals surface area contributed by atoms with Gasteiger partial charge in [-0.1, -0.05) is 44.7 Å². The van der Waals surface area contributed by atoms with E-state index < -0.39 is 6.89 Å². The van der Waals surface area contributed by atoms with E-state index in [0.717, 1.165) is 45.4 Å². The van der Waals surface area contributed by atoms with Crippen molar-refractivity contribution in [2.75, 3.05) is 13.3 Å². The third-order valence-electron chi connectivity index (χ3n) is 4.85. The van der Waals surface area contributed by atoms with Crippen LogP contribution in [-0.2, 0) is 13.0 Å². The van der Waals surface area contributed by atoms with Gasteiger partial charge in [-0.2, -0.15) is 4.37 Å². The first-order valence-corrected chi connectivity index (χ1v) is 12.8. The quantitative estimate of drug-likeness (QED) is 0.592. The van der Waals surface area contributed by atoms with Crippen LogP contribution in [0.15, 0.2) is 22.4 Å². The molecule has 0 fully saturated rings. The van der Waals surface area contributed by atoms with E-state index in [1.807, 2.05) is 6.07 Å². The molecule has 0 atom stereocenters. The maximum atomic E-state index is 6.50. The topological polar surface area (TPSA) is 30.2 Å². The van der Waals surface area contributed by atoms with E-state index in [2.05, 4.69) is 68.4 Å². The Labute approximate surface area is 165 Å². The lowest BCUT2D eigenvalue weighted by molar-refractivity contribution is 0.356. The molecule has 0 radical (unpaired) electrons. The molecule has 0 amide bonds. The lowest BCUT2D eigenvalue weighted by Crippen LogP contribution is -2.19. The SMILES string of the molecule is C=P(C)(C)C(C)=Cc1cc(N=c2snc3n2CC(C)(C)C3)c(C)cc1Cl. The van der Waals surface area contributed by atoms with Crippen LogP contribution in [0, 0.1) is 12.3 Å². The molecule has 1 aliphatic rings. The molecule has 2 aromatic rings. The summed E-state index contributed by atoms with van der Waals surface area (Å²) < 4.78 is 6.86. The average Bonchev–Trinajstić information content (AvgIpc) is 2.99. The van der Waals surface area contributed by atoms with E-state index in [-0.39, 0.29) is 5.41 Å². The van der Waals surface area contributed by atoms with Gasteiger partial charge in [0.25, 0.3) is 0 Å². The highest BCUT2D eigenvalue weighted by Gasteiger charge is 2.30. The minimum Gasteiger partial charge on any atom is -0.303 e. The molecule has 1 aliphatic heterocycles. The molecular formula is C20H27ClN3PS. The number of halogens is 1. The highest BCUT2D eigenvalue weighted by molar-refractivity contribution is 7.76. The summed E-state index contributed by atoms with van der Waals surface area (Å²) >= 11 is 7.98. The standard InChI is InChI=1S/C20H27ClN3PS/c1-13-8-16(21)15(9-14(2)25(5,6)7)10-17(13)22-19-24-12-20(3,4)11-18(24)23-26-19/h8-10H,5,11-12H2,1-4,6-7H3. The van der Waals surface area contributed by atoms with Gasteiger partial charge >= 0.3 is 0 Å². The fraction of sp³-hybridized carbons (Fsp3) is 0.450. The van der Waals surface area contributed by atoms with Crippen molar-refractivity contribution in [2.45, 2.75) is 40.7 Å². The number of hydrogen-bond acceptors (Lipinski definition) is 3. The number of fused-ring (bicyclic) bond motifs is 1. The van der Waals surface area contributed by atoms with Gasteiger partial charge in [-0.3, -0.25) is 0 Å². The van der Waals surface area contributed by atoms with Gasteiger partial charge in [-0.15, -0.1) is 0 Å². The van der Waals surface area contributed by atoms with Gasteiger partial charge < -0.3 is 4.57 Å². The van der Waals surface area contributed by atoms with Crippen molar-refractivity contribution in [1.82, 2.24) is 8.94 Å². The molecule has 0 bridgehead atoms. The summed E-state index contributed by atoms with van der Waals surface area (Å²) in [6.45, 7) is 12.9. The fourth-order valence-electron chi connectivity index (χ4n) is 2.99. The van der Waals surface area contributed by atoms with Crippen LogP contribution in [0.5, 0.6) is 0 Å². The number of nitrogens with zero attached hydrogens (tertiary/aromatic N) is 3. The van der Waals surface area contributed by atoms with Crippen LogP contribution in [-0.4, -0.2) is 28.6 Å². The Hall–Kier alpha value is -1.09. The Bertz CT molecular complexity index is 1000. The van der Waals surface area contributed by atoms with E-state index in [1.165, 1.54) is 16.8 Å². The van der Waals surface area contributed by atoms with Crippen LogP contribution < -0.4 is 4.80 Å². The number of aromatic nitrogens is 2. The molecule has 6 heteroatoms. The molecule has 140 valence electrons. The predicted octanol–water partition coefficient (Wildman–Crippen LogP) is 5.79. The second kappa shape index (κ2) is 6.82. The van der Waals surface area contributed by atoms with Crippen molar-refractivity contribution in [2.24, 2.45) is 10.4 Å². The minimum absolute atomic E-state index is 0.254. The molecule has 1 aromatic carbocycles. The first-order valence-electron chi connectivity index (χ1n) is 8.74. The van der Waals surface area contributed by atoms with E-state index in [4.69, 9.17) is 16.6 Å². The molecule has 0 saturated heterocycles. The molecular weight excluding hydrogens is 381 g/mol. The van der Waals surface area contributed by atoms with Crippen LogP contribution in [0.4, 0.5) is 5.69 Å². The third kappa shape index (κ3) is 4.08. The molecule has 3 rings (SSSR count). The van der Waals surface area contributed by atoms with Gasteiger partial charge in [-0.25, -0.2) is 4.99 Å². The number of allylic oxidation sites excluding steroid dienone is 1. The lowest BCUT2D eigenvalue weighted by Gasteiger charge is -2.15. The molecule has 0 aliphatic carbocycles. The molecule has 2 heterocycles. The minimum atomic E-state index is -1.29. The van der Waals surface area contributed by atoms with Crippen LogP contribution in [0.25, 0.3) is 6.08 Å². The molecule has 3 nitrogen and oxygen atoms in total. The smallest absolute Gasteiger partial charge is 0.209 e. The second-order valence-corrected chi connectivity index (χ2v) is 13.8. The van der Waals surface area contributed by atoms with Crippen molar-refractivity contribution in [3.05, 3.63) is 44.2 Å². The van der Waals surface area contributed by atoms with Gasteiger partial charge in [0, 0.05) is 29.5 Å². The zero-order chi connectivity index (χ0) is 19.3. The highest BCUT2D eigenvalue weighted by Crippen LogP contribution is 2.46. The maximum Gasteiger partial charge on any atom is 0.209 e. The van der Waals surface area contributed by atoms with Crippen molar-refractivity contribution in [3.8, 4) is 0 Å². The summed E-state index contributed by atoms with van der Waals surface area (Å²) in [6, 6.07) is 4.09. The molecule has 0 N–H and O–H groups in total. The van der Waals surface area contributed by atoms with Crippen LogP contribution in [0.1, 0.15) is 37.7 Å². The van der Waals surface area contributed by atoms with Crippen molar-refractivity contribution in [1.29, 1.82) is 0 Å². The fourth-order valence-corrected chi connectivity index (χ4v) is 4.51. The van der Waals surface area contributed by atoms with E-state index in [9.17, 15) is 0 Å². The Morgan fingerprint density at radius 2 is 2.12 bits per heavy atom. The first-order chi connectivity index (χ1) is 12.0. The maximum absolute atomic E-state index is 6.50. The molecule has 0 spiro atoms. The summed E-state index contributed by atoms with van der Waals surface area (Å²) in [4.78, 5) is 5.90. The van der Waals surface area contributed by atoms with Gasteiger partial charge in [0.15, 0.2) is 0 Å². The first kappa shape index (κ1) is 19.7.